The van der Waals surface area contributed by atoms with Crippen molar-refractivity contribution >= 4 is 37.5 Å². The third-order valence-electron chi connectivity index (χ3n) is 4.11. The topological polar surface area (TPSA) is 12.0 Å². The second-order valence-electron chi connectivity index (χ2n) is 5.61. The first kappa shape index (κ1) is 15.0. The highest BCUT2D eigenvalue weighted by Crippen LogP contribution is 2.41. The Morgan fingerprint density at radius 2 is 1.81 bits per heavy atom. The Labute approximate surface area is 141 Å². The first-order chi connectivity index (χ1) is 10.0. The van der Waals surface area contributed by atoms with Gasteiger partial charge in [-0.3, -0.25) is 0 Å². The Hall–Kier alpha value is -0.870. The summed E-state index contributed by atoms with van der Waals surface area (Å²) in [6.07, 6.45) is 2.22. The van der Waals surface area contributed by atoms with Crippen molar-refractivity contribution in [3.05, 3.63) is 62.3 Å². The number of halogens is 3. The molecule has 1 aliphatic rings. The molecule has 0 amide bonds. The second-order valence-corrected chi connectivity index (χ2v) is 7.32. The van der Waals surface area contributed by atoms with Crippen molar-refractivity contribution in [2.45, 2.75) is 31.7 Å². The molecule has 110 valence electrons. The van der Waals surface area contributed by atoms with Crippen LogP contribution in [0.1, 0.15) is 29.9 Å². The van der Waals surface area contributed by atoms with Crippen LogP contribution in [0.4, 0.5) is 10.1 Å². The van der Waals surface area contributed by atoms with E-state index >= 15 is 0 Å². The summed E-state index contributed by atoms with van der Waals surface area (Å²) >= 11 is 6.87. The molecule has 2 aromatic carbocycles. The molecule has 0 radical (unpaired) electrons. The molecule has 1 N–H and O–H groups in total. The van der Waals surface area contributed by atoms with Gasteiger partial charge in [0, 0.05) is 16.2 Å². The zero-order chi connectivity index (χ0) is 15.0. The van der Waals surface area contributed by atoms with Crippen LogP contribution in [0, 0.1) is 12.7 Å². The first-order valence-corrected chi connectivity index (χ1v) is 8.60. The van der Waals surface area contributed by atoms with Crippen LogP contribution in [0.2, 0.25) is 0 Å². The van der Waals surface area contributed by atoms with Gasteiger partial charge in [0.25, 0.3) is 0 Å². The fourth-order valence-corrected chi connectivity index (χ4v) is 3.77. The van der Waals surface area contributed by atoms with Gasteiger partial charge < -0.3 is 5.32 Å². The van der Waals surface area contributed by atoms with E-state index < -0.39 is 0 Å². The number of hydrogen-bond acceptors (Lipinski definition) is 1. The molecule has 1 saturated carbocycles. The highest BCUT2D eigenvalue weighted by atomic mass is 79.9. The molecule has 0 aliphatic heterocycles. The highest BCUT2D eigenvalue weighted by Gasteiger charge is 2.31. The molecule has 4 heteroatoms. The Kier molecular flexibility index (Phi) is 4.36. The Morgan fingerprint density at radius 1 is 1.10 bits per heavy atom. The lowest BCUT2D eigenvalue weighted by Crippen LogP contribution is -2.34. The van der Waals surface area contributed by atoms with Crippen molar-refractivity contribution in [2.24, 2.45) is 0 Å². The van der Waals surface area contributed by atoms with Gasteiger partial charge in [-0.15, -0.1) is 0 Å². The van der Waals surface area contributed by atoms with E-state index in [9.17, 15) is 4.39 Å². The zero-order valence-electron chi connectivity index (χ0n) is 11.7. The van der Waals surface area contributed by atoms with Gasteiger partial charge in [0.1, 0.15) is 5.82 Å². The molecule has 0 saturated heterocycles. The van der Waals surface area contributed by atoms with Gasteiger partial charge in [0.2, 0.25) is 0 Å². The lowest BCUT2D eigenvalue weighted by atomic mass is 9.76. The zero-order valence-corrected chi connectivity index (χ0v) is 14.8. The number of anilines is 1. The standard InChI is InChI=1S/C17H16Br2FN/c1-10-6-16(20)15(19)9-17(10)21-12-7-11(8-12)13-4-2-3-5-14(13)18/h2-6,9,11-12,21H,7-8H2,1H3. The van der Waals surface area contributed by atoms with Gasteiger partial charge in [-0.25, -0.2) is 4.39 Å². The molecule has 1 nitrogen and oxygen atoms in total. The maximum absolute atomic E-state index is 13.4. The number of benzene rings is 2. The highest BCUT2D eigenvalue weighted by molar-refractivity contribution is 9.10. The average molecular weight is 413 g/mol. The van der Waals surface area contributed by atoms with Crippen LogP contribution >= 0.6 is 31.9 Å². The largest absolute Gasteiger partial charge is 0.382 e. The Morgan fingerprint density at radius 3 is 2.52 bits per heavy atom. The minimum atomic E-state index is -0.210. The van der Waals surface area contributed by atoms with Gasteiger partial charge in [0.15, 0.2) is 0 Å². The Bertz CT molecular complexity index is 666. The van der Waals surface area contributed by atoms with E-state index in [0.29, 0.717) is 16.4 Å². The smallest absolute Gasteiger partial charge is 0.137 e. The second kappa shape index (κ2) is 6.09. The van der Waals surface area contributed by atoms with E-state index in [4.69, 9.17) is 0 Å². The van der Waals surface area contributed by atoms with Crippen LogP contribution in [-0.4, -0.2) is 6.04 Å². The lowest BCUT2D eigenvalue weighted by molar-refractivity contribution is 0.373. The molecule has 0 heterocycles. The first-order valence-electron chi connectivity index (χ1n) is 7.01. The van der Waals surface area contributed by atoms with Gasteiger partial charge in [-0.05, 0) is 70.9 Å². The molecular formula is C17H16Br2FN. The van der Waals surface area contributed by atoms with Gasteiger partial charge in [-0.2, -0.15) is 0 Å². The summed E-state index contributed by atoms with van der Waals surface area (Å²) in [4.78, 5) is 0. The monoisotopic (exact) mass is 411 g/mol. The molecule has 0 atom stereocenters. The number of hydrogen-bond donors (Lipinski definition) is 1. The maximum Gasteiger partial charge on any atom is 0.137 e. The van der Waals surface area contributed by atoms with E-state index in [0.717, 1.165) is 24.1 Å². The summed E-state index contributed by atoms with van der Waals surface area (Å²) in [6, 6.07) is 12.3. The number of rotatable bonds is 3. The van der Waals surface area contributed by atoms with Gasteiger partial charge >= 0.3 is 0 Å². The van der Waals surface area contributed by atoms with Crippen molar-refractivity contribution in [3.63, 3.8) is 0 Å². The van der Waals surface area contributed by atoms with Crippen molar-refractivity contribution in [2.75, 3.05) is 5.32 Å². The van der Waals surface area contributed by atoms with Crippen molar-refractivity contribution in [1.29, 1.82) is 0 Å². The fraction of sp³-hybridized carbons (Fsp3) is 0.294. The summed E-state index contributed by atoms with van der Waals surface area (Å²) in [7, 11) is 0. The van der Waals surface area contributed by atoms with Crippen molar-refractivity contribution in [1.82, 2.24) is 0 Å². The number of nitrogens with one attached hydrogen (secondary N) is 1. The van der Waals surface area contributed by atoms with Crippen LogP contribution in [0.3, 0.4) is 0 Å². The van der Waals surface area contributed by atoms with Crippen LogP contribution < -0.4 is 5.32 Å². The predicted molar refractivity (Wildman–Crippen MR) is 92.4 cm³/mol. The molecule has 0 aromatic heterocycles. The molecule has 1 aliphatic carbocycles. The normalized spacial score (nSPS) is 21.0. The van der Waals surface area contributed by atoms with E-state index in [2.05, 4.69) is 55.4 Å². The lowest BCUT2D eigenvalue weighted by Gasteiger charge is -2.37. The molecule has 21 heavy (non-hydrogen) atoms. The van der Waals surface area contributed by atoms with E-state index in [1.54, 1.807) is 6.07 Å². The molecular weight excluding hydrogens is 397 g/mol. The predicted octanol–water partition coefficient (Wildman–Crippen LogP) is 6.02. The van der Waals surface area contributed by atoms with Crippen molar-refractivity contribution in [3.8, 4) is 0 Å². The third-order valence-corrected chi connectivity index (χ3v) is 5.44. The minimum absolute atomic E-state index is 0.210. The summed E-state index contributed by atoms with van der Waals surface area (Å²) in [5, 5.41) is 3.52. The Balaban J connectivity index is 1.65. The minimum Gasteiger partial charge on any atom is -0.382 e. The van der Waals surface area contributed by atoms with E-state index in [1.165, 1.54) is 10.0 Å². The molecule has 0 unspecified atom stereocenters. The average Bonchev–Trinajstić information content (AvgIpc) is 2.40. The van der Waals surface area contributed by atoms with Gasteiger partial charge in [0.05, 0.1) is 4.47 Å². The molecule has 0 bridgehead atoms. The van der Waals surface area contributed by atoms with Crippen molar-refractivity contribution < 1.29 is 4.39 Å². The third kappa shape index (κ3) is 3.16. The van der Waals surface area contributed by atoms with Gasteiger partial charge in [-0.1, -0.05) is 34.1 Å². The molecule has 3 rings (SSSR count). The van der Waals surface area contributed by atoms with E-state index in [-0.39, 0.29) is 5.82 Å². The van der Waals surface area contributed by atoms with Crippen LogP contribution in [0.15, 0.2) is 45.3 Å². The molecule has 2 aromatic rings. The quantitative estimate of drug-likeness (QED) is 0.650. The fourth-order valence-electron chi connectivity index (χ4n) is 2.82. The van der Waals surface area contributed by atoms with Crippen LogP contribution in [0.5, 0.6) is 0 Å². The summed E-state index contributed by atoms with van der Waals surface area (Å²) < 4.78 is 15.1. The SMILES string of the molecule is Cc1cc(F)c(Br)cc1NC1CC(c2ccccc2Br)C1. The maximum atomic E-state index is 13.4. The molecule has 1 fully saturated rings. The molecule has 0 spiro atoms. The summed E-state index contributed by atoms with van der Waals surface area (Å²) in [5.74, 6) is 0.389. The number of aryl methyl sites for hydroxylation is 1. The summed E-state index contributed by atoms with van der Waals surface area (Å²) in [5.41, 5.74) is 3.34. The van der Waals surface area contributed by atoms with Crippen LogP contribution in [-0.2, 0) is 0 Å². The van der Waals surface area contributed by atoms with E-state index in [1.807, 2.05) is 19.1 Å². The summed E-state index contributed by atoms with van der Waals surface area (Å²) in [6.45, 7) is 1.93. The van der Waals surface area contributed by atoms with Crippen LogP contribution in [0.25, 0.3) is 0 Å².